The number of hydrogen-bond donors (Lipinski definition) is 0. The quantitative estimate of drug-likeness (QED) is 0.775. The molecule has 1 aromatic carbocycles. The third kappa shape index (κ3) is 2.69. The number of rotatable bonds is 3. The minimum atomic E-state index is -0.127. The van der Waals surface area contributed by atoms with Gasteiger partial charge < -0.3 is 14.2 Å². The normalized spacial score (nSPS) is 26.7. The molecule has 3 heteroatoms. The lowest BCUT2D eigenvalue weighted by atomic mass is 9.77. The van der Waals surface area contributed by atoms with Gasteiger partial charge in [0.25, 0.3) is 0 Å². The number of fused-ring (bicyclic) bond motifs is 1. The summed E-state index contributed by atoms with van der Waals surface area (Å²) < 4.78 is 17.2. The van der Waals surface area contributed by atoms with Gasteiger partial charge in [0.1, 0.15) is 11.4 Å². The zero-order valence-corrected chi connectivity index (χ0v) is 14.0. The van der Waals surface area contributed by atoms with Gasteiger partial charge in [-0.1, -0.05) is 19.9 Å². The zero-order valence-electron chi connectivity index (χ0n) is 14.0. The van der Waals surface area contributed by atoms with Gasteiger partial charge in [-0.2, -0.15) is 0 Å². The second kappa shape index (κ2) is 5.86. The van der Waals surface area contributed by atoms with Gasteiger partial charge in [-0.15, -0.1) is 0 Å². The highest BCUT2D eigenvalue weighted by Gasteiger charge is 2.37. The van der Waals surface area contributed by atoms with Crippen molar-refractivity contribution in [3.63, 3.8) is 0 Å². The van der Waals surface area contributed by atoms with Crippen LogP contribution in [0.4, 0.5) is 0 Å². The minimum absolute atomic E-state index is 0.127. The van der Waals surface area contributed by atoms with Crippen molar-refractivity contribution in [1.29, 1.82) is 0 Å². The first-order valence-corrected chi connectivity index (χ1v) is 8.20. The van der Waals surface area contributed by atoms with E-state index in [0.717, 1.165) is 36.5 Å². The monoisotopic (exact) mass is 302 g/mol. The van der Waals surface area contributed by atoms with E-state index in [1.165, 1.54) is 12.0 Å². The third-order valence-electron chi connectivity index (χ3n) is 5.10. The maximum Gasteiger partial charge on any atom is 0.164 e. The number of ether oxygens (including phenoxy) is 3. The largest absolute Gasteiger partial charge is 0.493 e. The highest BCUT2D eigenvalue weighted by molar-refractivity contribution is 5.52. The maximum absolute atomic E-state index is 6.41. The van der Waals surface area contributed by atoms with Crippen molar-refractivity contribution in [1.82, 2.24) is 0 Å². The van der Waals surface area contributed by atoms with E-state index in [4.69, 9.17) is 14.2 Å². The van der Waals surface area contributed by atoms with Crippen molar-refractivity contribution in [3.8, 4) is 17.2 Å². The Hall–Kier alpha value is -1.64. The molecule has 2 atom stereocenters. The van der Waals surface area contributed by atoms with E-state index in [0.29, 0.717) is 11.8 Å². The number of aryl methyl sites for hydroxylation is 1. The molecule has 1 heterocycles. The Kier molecular flexibility index (Phi) is 4.07. The molecule has 3 rings (SSSR count). The summed E-state index contributed by atoms with van der Waals surface area (Å²) in [4.78, 5) is 0. The van der Waals surface area contributed by atoms with Crippen molar-refractivity contribution in [3.05, 3.63) is 29.8 Å². The molecule has 0 bridgehead atoms. The minimum Gasteiger partial charge on any atom is -0.493 e. The van der Waals surface area contributed by atoms with Crippen LogP contribution in [0.25, 0.3) is 0 Å². The molecule has 0 radical (unpaired) electrons. The molecular formula is C19H26O3. The molecule has 1 aliphatic heterocycles. The van der Waals surface area contributed by atoms with Crippen molar-refractivity contribution < 1.29 is 14.2 Å². The van der Waals surface area contributed by atoms with Crippen LogP contribution in [0.5, 0.6) is 17.2 Å². The average molecular weight is 302 g/mol. The van der Waals surface area contributed by atoms with Crippen LogP contribution in [0.2, 0.25) is 0 Å². The summed E-state index contributed by atoms with van der Waals surface area (Å²) in [6.07, 6.45) is 9.03. The predicted molar refractivity (Wildman–Crippen MR) is 87.9 cm³/mol. The average Bonchev–Trinajstić information content (AvgIpc) is 2.54. The fourth-order valence-corrected chi connectivity index (χ4v) is 3.55. The van der Waals surface area contributed by atoms with Crippen LogP contribution < -0.4 is 14.2 Å². The van der Waals surface area contributed by atoms with Crippen LogP contribution in [-0.2, 0) is 6.42 Å². The van der Waals surface area contributed by atoms with Gasteiger partial charge in [0.05, 0.1) is 14.2 Å². The van der Waals surface area contributed by atoms with Crippen molar-refractivity contribution in [2.24, 2.45) is 11.8 Å². The van der Waals surface area contributed by atoms with E-state index < -0.39 is 0 Å². The highest BCUT2D eigenvalue weighted by Crippen LogP contribution is 2.44. The molecule has 0 fully saturated rings. The van der Waals surface area contributed by atoms with Gasteiger partial charge >= 0.3 is 0 Å². The van der Waals surface area contributed by atoms with Gasteiger partial charge in [0, 0.05) is 6.07 Å². The van der Waals surface area contributed by atoms with E-state index >= 15 is 0 Å². The van der Waals surface area contributed by atoms with E-state index in [-0.39, 0.29) is 5.60 Å². The first-order valence-electron chi connectivity index (χ1n) is 8.20. The van der Waals surface area contributed by atoms with E-state index in [9.17, 15) is 0 Å². The molecule has 1 aromatic rings. The molecule has 0 N–H and O–H groups in total. The molecule has 0 amide bonds. The van der Waals surface area contributed by atoms with Gasteiger partial charge in [-0.25, -0.2) is 0 Å². The van der Waals surface area contributed by atoms with Gasteiger partial charge in [0.15, 0.2) is 11.5 Å². The highest BCUT2D eigenvalue weighted by atomic mass is 16.5. The Morgan fingerprint density at radius 3 is 2.45 bits per heavy atom. The summed E-state index contributed by atoms with van der Waals surface area (Å²) in [5.74, 6) is 3.84. The Morgan fingerprint density at radius 2 is 1.86 bits per heavy atom. The molecule has 22 heavy (non-hydrogen) atoms. The fraction of sp³-hybridized carbons (Fsp3) is 0.579. The standard InChI is InChI=1S/C19H26O3/c1-13(2)14-5-8-19(9-6-14)10-7-15-11-17(20-3)18(21-4)12-16(15)22-19/h5,8,11-14H,6-7,9-10H2,1-4H3. The maximum atomic E-state index is 6.41. The van der Waals surface area contributed by atoms with Crippen LogP contribution in [0.15, 0.2) is 24.3 Å². The first-order chi connectivity index (χ1) is 10.6. The topological polar surface area (TPSA) is 27.7 Å². The van der Waals surface area contributed by atoms with Gasteiger partial charge in [0.2, 0.25) is 0 Å². The lowest BCUT2D eigenvalue weighted by Gasteiger charge is -2.40. The molecule has 0 aromatic heterocycles. The Morgan fingerprint density at radius 1 is 1.14 bits per heavy atom. The number of benzene rings is 1. The molecule has 120 valence electrons. The Balaban J connectivity index is 1.86. The predicted octanol–water partition coefficient (Wildman–Crippen LogP) is 4.39. The molecule has 0 saturated carbocycles. The van der Waals surface area contributed by atoms with Gasteiger partial charge in [-0.3, -0.25) is 0 Å². The number of methoxy groups -OCH3 is 2. The van der Waals surface area contributed by atoms with Gasteiger partial charge in [-0.05, 0) is 55.2 Å². The lowest BCUT2D eigenvalue weighted by Crippen LogP contribution is -2.40. The summed E-state index contributed by atoms with van der Waals surface area (Å²) in [6, 6.07) is 4.02. The summed E-state index contributed by atoms with van der Waals surface area (Å²) in [5, 5.41) is 0. The van der Waals surface area contributed by atoms with Crippen LogP contribution in [0, 0.1) is 11.8 Å². The first kappa shape index (κ1) is 15.3. The second-order valence-electron chi connectivity index (χ2n) is 6.79. The molecule has 2 unspecified atom stereocenters. The summed E-state index contributed by atoms with van der Waals surface area (Å²) in [5.41, 5.74) is 1.08. The SMILES string of the molecule is COc1cc2c(cc1OC)OC1(C=CC(C(C)C)CC1)CC2. The Labute approximate surface area is 133 Å². The van der Waals surface area contributed by atoms with Crippen LogP contribution in [-0.4, -0.2) is 19.8 Å². The Bertz CT molecular complexity index is 576. The summed E-state index contributed by atoms with van der Waals surface area (Å²) in [6.45, 7) is 4.59. The number of hydrogen-bond acceptors (Lipinski definition) is 3. The molecule has 1 spiro atoms. The second-order valence-corrected chi connectivity index (χ2v) is 6.79. The van der Waals surface area contributed by atoms with E-state index in [2.05, 4.69) is 26.0 Å². The van der Waals surface area contributed by atoms with Crippen molar-refractivity contribution in [2.75, 3.05) is 14.2 Å². The third-order valence-corrected chi connectivity index (χ3v) is 5.10. The molecular weight excluding hydrogens is 276 g/mol. The smallest absolute Gasteiger partial charge is 0.164 e. The van der Waals surface area contributed by atoms with Crippen molar-refractivity contribution >= 4 is 0 Å². The zero-order chi connectivity index (χ0) is 15.7. The molecule has 3 nitrogen and oxygen atoms in total. The van der Waals surface area contributed by atoms with Crippen LogP contribution in [0.1, 0.15) is 38.7 Å². The fourth-order valence-electron chi connectivity index (χ4n) is 3.55. The molecule has 1 aliphatic carbocycles. The van der Waals surface area contributed by atoms with E-state index in [1.54, 1.807) is 14.2 Å². The van der Waals surface area contributed by atoms with Crippen molar-refractivity contribution in [2.45, 2.75) is 45.1 Å². The molecule has 2 aliphatic rings. The molecule has 0 saturated heterocycles. The summed E-state index contributed by atoms with van der Waals surface area (Å²) >= 11 is 0. The van der Waals surface area contributed by atoms with Crippen LogP contribution >= 0.6 is 0 Å². The summed E-state index contributed by atoms with van der Waals surface area (Å²) in [7, 11) is 3.34. The van der Waals surface area contributed by atoms with E-state index in [1.807, 2.05) is 12.1 Å². The number of allylic oxidation sites excluding steroid dienone is 1. The lowest BCUT2D eigenvalue weighted by molar-refractivity contribution is 0.0694. The van der Waals surface area contributed by atoms with Crippen LogP contribution in [0.3, 0.4) is 0 Å².